The third-order valence-electron chi connectivity index (χ3n) is 4.87. The fourth-order valence-corrected chi connectivity index (χ4v) is 6.99. The molecule has 3 aromatic heterocycles. The van der Waals surface area contributed by atoms with Crippen molar-refractivity contribution in [2.45, 2.75) is 16.2 Å². The summed E-state index contributed by atoms with van der Waals surface area (Å²) in [6, 6.07) is 6.59. The minimum Gasteiger partial charge on any atom is -0.461 e. The van der Waals surface area contributed by atoms with Gasteiger partial charge in [-0.15, -0.1) is 23.1 Å². The molecule has 0 spiro atoms. The van der Waals surface area contributed by atoms with Crippen LogP contribution in [0.15, 0.2) is 44.2 Å². The van der Waals surface area contributed by atoms with Crippen molar-refractivity contribution in [1.82, 2.24) is 19.2 Å². The van der Waals surface area contributed by atoms with Gasteiger partial charge < -0.3 is 9.32 Å². The molecule has 1 aliphatic rings. The second kappa shape index (κ2) is 8.91. The fourth-order valence-electron chi connectivity index (χ4n) is 3.31. The first kappa shape index (κ1) is 22.3. The lowest BCUT2D eigenvalue weighted by Crippen LogP contribution is -2.50. The predicted molar refractivity (Wildman–Crippen MR) is 120 cm³/mol. The fraction of sp³-hybridized carbons (Fsp3) is 0.316. The molecular weight excluding hydrogens is 480 g/mol. The minimum atomic E-state index is -3.62. The molecule has 0 radical (unpaired) electrons. The van der Waals surface area contributed by atoms with Crippen LogP contribution in [0.4, 0.5) is 0 Å². The van der Waals surface area contributed by atoms with Crippen molar-refractivity contribution < 1.29 is 17.6 Å². The molecule has 31 heavy (non-hydrogen) atoms. The van der Waals surface area contributed by atoms with Gasteiger partial charge in [-0.05, 0) is 37.4 Å². The maximum Gasteiger partial charge on any atom is 0.258 e. The number of hydrogen-bond donors (Lipinski definition) is 0. The first-order valence-electron chi connectivity index (χ1n) is 9.32. The quantitative estimate of drug-likeness (QED) is 0.391. The second-order valence-corrected chi connectivity index (χ2v) is 11.4. The number of carbonyl (C=O) groups excluding carboxylic acids is 1. The first-order chi connectivity index (χ1) is 14.8. The van der Waals surface area contributed by atoms with E-state index in [-0.39, 0.29) is 36.3 Å². The van der Waals surface area contributed by atoms with E-state index >= 15 is 0 Å². The second-order valence-electron chi connectivity index (χ2n) is 6.75. The highest BCUT2D eigenvalue weighted by Crippen LogP contribution is 2.30. The number of rotatable bonds is 5. The summed E-state index contributed by atoms with van der Waals surface area (Å²) < 4.78 is 33.0. The van der Waals surface area contributed by atoms with Gasteiger partial charge in [0.25, 0.3) is 15.9 Å². The van der Waals surface area contributed by atoms with E-state index in [1.165, 1.54) is 22.1 Å². The lowest BCUT2D eigenvalue weighted by Gasteiger charge is -2.34. The SMILES string of the molecule is CSc1nc(-c2ccco2)nc(C)c1C(=O)N1CCN(S(=O)(=O)c2ccc(Cl)s2)CC1. The number of furan rings is 1. The largest absolute Gasteiger partial charge is 0.461 e. The highest BCUT2D eigenvalue weighted by atomic mass is 35.5. The van der Waals surface area contributed by atoms with E-state index in [0.29, 0.717) is 32.2 Å². The molecule has 4 heterocycles. The number of aryl methyl sites for hydroxylation is 1. The molecule has 0 aromatic carbocycles. The molecule has 0 bridgehead atoms. The molecule has 8 nitrogen and oxygen atoms in total. The highest BCUT2D eigenvalue weighted by Gasteiger charge is 2.33. The third kappa shape index (κ3) is 4.37. The number of aromatic nitrogens is 2. The molecule has 0 aliphatic carbocycles. The number of piperazine rings is 1. The van der Waals surface area contributed by atoms with Gasteiger partial charge in [0.05, 0.1) is 21.9 Å². The van der Waals surface area contributed by atoms with Crippen molar-refractivity contribution in [2.24, 2.45) is 0 Å². The Morgan fingerprint density at radius 1 is 1.19 bits per heavy atom. The summed E-state index contributed by atoms with van der Waals surface area (Å²) in [7, 11) is -3.62. The van der Waals surface area contributed by atoms with Crippen molar-refractivity contribution in [3.63, 3.8) is 0 Å². The number of sulfonamides is 1. The zero-order chi connectivity index (χ0) is 22.2. The van der Waals surface area contributed by atoms with Crippen molar-refractivity contribution in [1.29, 1.82) is 0 Å². The van der Waals surface area contributed by atoms with Crippen molar-refractivity contribution in [3.8, 4) is 11.6 Å². The number of thioether (sulfide) groups is 1. The summed E-state index contributed by atoms with van der Waals surface area (Å²) in [5.74, 6) is 0.753. The van der Waals surface area contributed by atoms with Crippen LogP contribution in [0.25, 0.3) is 11.6 Å². The van der Waals surface area contributed by atoms with Gasteiger partial charge in [0.1, 0.15) is 9.24 Å². The Bertz CT molecular complexity index is 1200. The molecule has 0 N–H and O–H groups in total. The van der Waals surface area contributed by atoms with Gasteiger partial charge in [0.2, 0.25) is 0 Å². The van der Waals surface area contributed by atoms with Crippen LogP contribution in [0.3, 0.4) is 0 Å². The number of amides is 1. The summed E-state index contributed by atoms with van der Waals surface area (Å²) in [4.78, 5) is 23.9. The Hall–Kier alpha value is -1.92. The number of nitrogens with zero attached hydrogens (tertiary/aromatic N) is 4. The van der Waals surface area contributed by atoms with Gasteiger partial charge in [-0.1, -0.05) is 11.6 Å². The zero-order valence-corrected chi connectivity index (χ0v) is 19.9. The molecule has 1 fully saturated rings. The van der Waals surface area contributed by atoms with Crippen LogP contribution >= 0.6 is 34.7 Å². The summed E-state index contributed by atoms with van der Waals surface area (Å²) in [5, 5.41) is 0.562. The van der Waals surface area contributed by atoms with Gasteiger partial charge in [0.15, 0.2) is 11.6 Å². The maximum absolute atomic E-state index is 13.3. The molecule has 1 amide bonds. The minimum absolute atomic E-state index is 0.205. The van der Waals surface area contributed by atoms with E-state index in [2.05, 4.69) is 9.97 Å². The van der Waals surface area contributed by atoms with Gasteiger partial charge >= 0.3 is 0 Å². The van der Waals surface area contributed by atoms with Crippen LogP contribution in [-0.4, -0.2) is 65.9 Å². The summed E-state index contributed by atoms with van der Waals surface area (Å²) in [6.07, 6.45) is 3.39. The van der Waals surface area contributed by atoms with E-state index in [4.69, 9.17) is 16.0 Å². The van der Waals surface area contributed by atoms with Crippen molar-refractivity contribution in [3.05, 3.63) is 46.1 Å². The number of carbonyl (C=O) groups is 1. The molecule has 1 aliphatic heterocycles. The average Bonchev–Trinajstić information content (AvgIpc) is 3.45. The van der Waals surface area contributed by atoms with Crippen LogP contribution in [0.5, 0.6) is 0 Å². The molecule has 4 rings (SSSR count). The number of hydrogen-bond acceptors (Lipinski definition) is 8. The smallest absolute Gasteiger partial charge is 0.258 e. The highest BCUT2D eigenvalue weighted by molar-refractivity contribution is 7.98. The van der Waals surface area contributed by atoms with Crippen molar-refractivity contribution >= 4 is 50.6 Å². The number of thiophene rings is 1. The molecule has 0 saturated carbocycles. The Balaban J connectivity index is 1.52. The third-order valence-corrected chi connectivity index (χ3v) is 9.15. The lowest BCUT2D eigenvalue weighted by atomic mass is 10.2. The lowest BCUT2D eigenvalue weighted by molar-refractivity contribution is 0.0692. The molecule has 12 heteroatoms. The van der Waals surface area contributed by atoms with Gasteiger partial charge in [-0.25, -0.2) is 18.4 Å². The molecule has 1 saturated heterocycles. The Kier molecular flexibility index (Phi) is 6.40. The number of halogens is 1. The molecular formula is C19H19ClN4O4S3. The van der Waals surface area contributed by atoms with E-state index in [1.807, 2.05) is 6.26 Å². The normalized spacial score (nSPS) is 15.4. The summed E-state index contributed by atoms with van der Waals surface area (Å²) in [5.41, 5.74) is 0.989. The van der Waals surface area contributed by atoms with E-state index in [9.17, 15) is 13.2 Å². The van der Waals surface area contributed by atoms with Gasteiger partial charge in [-0.3, -0.25) is 4.79 Å². The standard InChI is InChI=1S/C19H19ClN4O4S3/c1-12-16(18(29-2)22-17(21-12)13-4-3-11-28-13)19(25)23-7-9-24(10-8-23)31(26,27)15-6-5-14(20)30-15/h3-6,11H,7-10H2,1-2H3. The Labute approximate surface area is 193 Å². The van der Waals surface area contributed by atoms with E-state index < -0.39 is 10.0 Å². The van der Waals surface area contributed by atoms with Crippen LogP contribution in [-0.2, 0) is 10.0 Å². The van der Waals surface area contributed by atoms with Crippen LogP contribution in [0.1, 0.15) is 16.1 Å². The zero-order valence-electron chi connectivity index (χ0n) is 16.7. The summed E-state index contributed by atoms with van der Waals surface area (Å²) >= 11 is 8.28. The average molecular weight is 499 g/mol. The Morgan fingerprint density at radius 3 is 2.52 bits per heavy atom. The Morgan fingerprint density at radius 2 is 1.94 bits per heavy atom. The molecule has 0 atom stereocenters. The van der Waals surface area contributed by atoms with Crippen LogP contribution < -0.4 is 0 Å². The summed E-state index contributed by atoms with van der Waals surface area (Å²) in [6.45, 7) is 2.75. The van der Waals surface area contributed by atoms with E-state index in [0.717, 1.165) is 11.3 Å². The molecule has 3 aromatic rings. The molecule has 164 valence electrons. The topological polar surface area (TPSA) is 96.6 Å². The monoisotopic (exact) mass is 498 g/mol. The molecule has 0 unspecified atom stereocenters. The van der Waals surface area contributed by atoms with E-state index in [1.54, 1.807) is 36.3 Å². The van der Waals surface area contributed by atoms with Crippen LogP contribution in [0, 0.1) is 6.92 Å². The maximum atomic E-state index is 13.3. The first-order valence-corrected chi connectivity index (χ1v) is 13.2. The van der Waals surface area contributed by atoms with Crippen molar-refractivity contribution in [2.75, 3.05) is 32.4 Å². The van der Waals surface area contributed by atoms with Gasteiger partial charge in [0, 0.05) is 26.2 Å². The van der Waals surface area contributed by atoms with Crippen LogP contribution in [0.2, 0.25) is 4.34 Å². The van der Waals surface area contributed by atoms with Gasteiger partial charge in [-0.2, -0.15) is 4.31 Å². The predicted octanol–water partition coefficient (Wildman–Crippen LogP) is 3.63.